The second kappa shape index (κ2) is 6.95. The molecule has 1 aliphatic rings. The van der Waals surface area contributed by atoms with Gasteiger partial charge in [-0.2, -0.15) is 10.1 Å². The summed E-state index contributed by atoms with van der Waals surface area (Å²) in [7, 11) is 2.99. The number of fused-ring (bicyclic) bond motifs is 1. The highest BCUT2D eigenvalue weighted by atomic mass is 19.1. The molecule has 0 radical (unpaired) electrons. The number of piperazine rings is 1. The summed E-state index contributed by atoms with van der Waals surface area (Å²) >= 11 is 0. The Morgan fingerprint density at radius 3 is 2.61 bits per heavy atom. The Kier molecular flexibility index (Phi) is 4.46. The highest BCUT2D eigenvalue weighted by Gasteiger charge is 2.22. The van der Waals surface area contributed by atoms with Crippen molar-refractivity contribution in [3.8, 4) is 0 Å². The van der Waals surface area contributed by atoms with Crippen LogP contribution in [0.3, 0.4) is 0 Å². The Morgan fingerprint density at radius 1 is 1.21 bits per heavy atom. The van der Waals surface area contributed by atoms with Crippen molar-refractivity contribution in [2.24, 2.45) is 7.05 Å². The zero-order chi connectivity index (χ0) is 19.8. The molecule has 1 aromatic carbocycles. The summed E-state index contributed by atoms with van der Waals surface area (Å²) in [5.74, 6) is -0.572. The number of carbonyl (C=O) groups excluding carboxylic acids is 1. The molecule has 1 fully saturated rings. The van der Waals surface area contributed by atoms with Crippen LogP contribution in [0.2, 0.25) is 0 Å². The minimum Gasteiger partial charge on any atom is -0.465 e. The summed E-state index contributed by atoms with van der Waals surface area (Å²) in [6.07, 6.45) is 1.49. The first kappa shape index (κ1) is 18.0. The van der Waals surface area contributed by atoms with Crippen LogP contribution in [-0.2, 0) is 11.8 Å². The van der Waals surface area contributed by atoms with E-state index in [4.69, 9.17) is 0 Å². The van der Waals surface area contributed by atoms with Gasteiger partial charge in [0.2, 0.25) is 5.95 Å². The molecule has 1 N–H and O–H groups in total. The summed E-state index contributed by atoms with van der Waals surface area (Å²) < 4.78 is 20.6. The number of aromatic amines is 1. The third-order valence-electron chi connectivity index (χ3n) is 4.88. The van der Waals surface area contributed by atoms with E-state index in [0.717, 1.165) is 0 Å². The lowest BCUT2D eigenvalue weighted by atomic mass is 10.1. The number of rotatable bonds is 3. The van der Waals surface area contributed by atoms with Gasteiger partial charge < -0.3 is 14.5 Å². The number of esters is 1. The lowest BCUT2D eigenvalue weighted by Gasteiger charge is -2.36. The van der Waals surface area contributed by atoms with E-state index < -0.39 is 11.8 Å². The zero-order valence-corrected chi connectivity index (χ0v) is 15.5. The Balaban J connectivity index is 1.51. The van der Waals surface area contributed by atoms with Gasteiger partial charge in [0.05, 0.1) is 24.6 Å². The number of H-pyrrole nitrogens is 1. The molecule has 9 nitrogen and oxygen atoms in total. The first-order valence-corrected chi connectivity index (χ1v) is 8.77. The van der Waals surface area contributed by atoms with Crippen molar-refractivity contribution < 1.29 is 13.9 Å². The van der Waals surface area contributed by atoms with E-state index in [-0.39, 0.29) is 11.1 Å². The molecule has 0 spiro atoms. The number of ether oxygens (including phenoxy) is 1. The molecule has 0 unspecified atom stereocenters. The number of hydrogen-bond acceptors (Lipinski definition) is 7. The maximum atomic E-state index is 14.5. The van der Waals surface area contributed by atoms with Crippen LogP contribution < -0.4 is 15.4 Å². The maximum absolute atomic E-state index is 14.5. The number of aromatic nitrogens is 4. The number of methoxy groups -OCH3 is 1. The molecule has 0 saturated carbocycles. The van der Waals surface area contributed by atoms with Crippen molar-refractivity contribution in [2.45, 2.75) is 0 Å². The third kappa shape index (κ3) is 3.06. The van der Waals surface area contributed by atoms with Crippen LogP contribution in [-0.4, -0.2) is 59.0 Å². The summed E-state index contributed by atoms with van der Waals surface area (Å²) in [6.45, 7) is 2.21. The normalized spacial score (nSPS) is 14.5. The molecule has 0 bridgehead atoms. The molecule has 0 atom stereocenters. The standard InChI is InChI=1S/C18H19FN6O3/c1-23-15-12(10-20-23)16(26)22-18(21-15)25-7-5-24(6-8-25)14-4-3-11(9-13(14)19)17(27)28-2/h3-4,9-10H,5-8H2,1-2H3,(H,21,22,26). The van der Waals surface area contributed by atoms with Gasteiger partial charge in [0.25, 0.3) is 5.56 Å². The lowest BCUT2D eigenvalue weighted by molar-refractivity contribution is 0.0600. The summed E-state index contributed by atoms with van der Waals surface area (Å²) in [5.41, 5.74) is 0.884. The predicted octanol–water partition coefficient (Wildman–Crippen LogP) is 0.909. The number of carbonyl (C=O) groups is 1. The van der Waals surface area contributed by atoms with Crippen LogP contribution >= 0.6 is 0 Å². The Hall–Kier alpha value is -3.43. The van der Waals surface area contributed by atoms with Gasteiger partial charge in [0, 0.05) is 33.2 Å². The molecule has 1 aliphatic heterocycles. The maximum Gasteiger partial charge on any atom is 0.337 e. The number of anilines is 2. The first-order chi connectivity index (χ1) is 13.5. The molecular formula is C18H19FN6O3. The molecule has 4 rings (SSSR count). The van der Waals surface area contributed by atoms with Crippen LogP contribution in [0.25, 0.3) is 11.0 Å². The van der Waals surface area contributed by atoms with Crippen molar-refractivity contribution in [3.05, 3.63) is 46.1 Å². The Bertz CT molecular complexity index is 1100. The van der Waals surface area contributed by atoms with Crippen LogP contribution in [0.4, 0.5) is 16.0 Å². The topological polar surface area (TPSA) is 96.3 Å². The van der Waals surface area contributed by atoms with Gasteiger partial charge in [-0.25, -0.2) is 9.18 Å². The van der Waals surface area contributed by atoms with Crippen molar-refractivity contribution in [1.29, 1.82) is 0 Å². The highest BCUT2D eigenvalue weighted by Crippen LogP contribution is 2.23. The second-order valence-corrected chi connectivity index (χ2v) is 6.53. The molecule has 146 valence electrons. The largest absolute Gasteiger partial charge is 0.465 e. The lowest BCUT2D eigenvalue weighted by Crippen LogP contribution is -2.47. The van der Waals surface area contributed by atoms with E-state index in [1.807, 2.05) is 9.80 Å². The Labute approximate surface area is 159 Å². The van der Waals surface area contributed by atoms with E-state index in [1.165, 1.54) is 19.4 Å². The van der Waals surface area contributed by atoms with Crippen molar-refractivity contribution in [1.82, 2.24) is 19.7 Å². The van der Waals surface area contributed by atoms with Gasteiger partial charge >= 0.3 is 5.97 Å². The van der Waals surface area contributed by atoms with Gasteiger partial charge in [0.15, 0.2) is 5.65 Å². The third-order valence-corrected chi connectivity index (χ3v) is 4.88. The molecule has 2 aromatic heterocycles. The molecular weight excluding hydrogens is 367 g/mol. The SMILES string of the molecule is COC(=O)c1ccc(N2CCN(c3nc4c(cnn4C)c(=O)[nH]3)CC2)c(F)c1. The number of benzene rings is 1. The highest BCUT2D eigenvalue weighted by molar-refractivity contribution is 5.89. The summed E-state index contributed by atoms with van der Waals surface area (Å²) in [5, 5.41) is 4.50. The fourth-order valence-corrected chi connectivity index (χ4v) is 3.34. The van der Waals surface area contributed by atoms with Crippen molar-refractivity contribution in [2.75, 3.05) is 43.1 Å². The van der Waals surface area contributed by atoms with Crippen LogP contribution in [0.15, 0.2) is 29.2 Å². The van der Waals surface area contributed by atoms with E-state index in [1.54, 1.807) is 23.9 Å². The fraction of sp³-hybridized carbons (Fsp3) is 0.333. The summed E-state index contributed by atoms with van der Waals surface area (Å²) in [4.78, 5) is 34.9. The monoisotopic (exact) mass is 386 g/mol. The van der Waals surface area contributed by atoms with Crippen molar-refractivity contribution >= 4 is 28.6 Å². The molecule has 3 aromatic rings. The van der Waals surface area contributed by atoms with Gasteiger partial charge in [-0.15, -0.1) is 0 Å². The molecule has 0 amide bonds. The van der Waals surface area contributed by atoms with Gasteiger partial charge in [-0.1, -0.05) is 0 Å². The number of aryl methyl sites for hydroxylation is 1. The average molecular weight is 386 g/mol. The van der Waals surface area contributed by atoms with E-state index in [2.05, 4.69) is 19.8 Å². The van der Waals surface area contributed by atoms with Crippen molar-refractivity contribution in [3.63, 3.8) is 0 Å². The molecule has 3 heterocycles. The second-order valence-electron chi connectivity index (χ2n) is 6.53. The average Bonchev–Trinajstić information content (AvgIpc) is 3.09. The molecule has 10 heteroatoms. The number of nitrogens with zero attached hydrogens (tertiary/aromatic N) is 5. The zero-order valence-electron chi connectivity index (χ0n) is 15.5. The minimum absolute atomic E-state index is 0.175. The van der Waals surface area contributed by atoms with E-state index >= 15 is 0 Å². The summed E-state index contributed by atoms with van der Waals surface area (Å²) in [6, 6.07) is 4.31. The number of hydrogen-bond donors (Lipinski definition) is 1. The Morgan fingerprint density at radius 2 is 1.93 bits per heavy atom. The molecule has 28 heavy (non-hydrogen) atoms. The first-order valence-electron chi connectivity index (χ1n) is 8.77. The van der Waals surface area contributed by atoms with Crippen LogP contribution in [0.5, 0.6) is 0 Å². The van der Waals surface area contributed by atoms with E-state index in [9.17, 15) is 14.0 Å². The number of halogens is 1. The van der Waals surface area contributed by atoms with Gasteiger partial charge in [-0.3, -0.25) is 14.5 Å². The molecule has 1 saturated heterocycles. The van der Waals surface area contributed by atoms with E-state index in [0.29, 0.717) is 48.8 Å². The molecule has 0 aliphatic carbocycles. The van der Waals surface area contributed by atoms with Gasteiger partial charge in [0.1, 0.15) is 11.2 Å². The number of nitrogens with one attached hydrogen (secondary N) is 1. The van der Waals surface area contributed by atoms with Gasteiger partial charge in [-0.05, 0) is 18.2 Å². The van der Waals surface area contributed by atoms with Crippen LogP contribution in [0.1, 0.15) is 10.4 Å². The van der Waals surface area contributed by atoms with Crippen LogP contribution in [0, 0.1) is 5.82 Å². The quantitative estimate of drug-likeness (QED) is 0.669. The predicted molar refractivity (Wildman–Crippen MR) is 101 cm³/mol. The smallest absolute Gasteiger partial charge is 0.337 e. The minimum atomic E-state index is -0.573. The fourth-order valence-electron chi connectivity index (χ4n) is 3.34.